The molecule has 7 nitrogen and oxygen atoms in total. The summed E-state index contributed by atoms with van der Waals surface area (Å²) < 4.78 is 9.96. The lowest BCUT2D eigenvalue weighted by atomic mass is 9.86. The molecule has 2 aromatic rings. The highest BCUT2D eigenvalue weighted by Gasteiger charge is 2.53. The smallest absolute Gasteiger partial charge is 0.337 e. The third kappa shape index (κ3) is 2.99. The number of benzene rings is 2. The average molecular weight is 404 g/mol. The van der Waals surface area contributed by atoms with Gasteiger partial charge in [0.25, 0.3) is 0 Å². The molecular weight excluding hydrogens is 384 g/mol. The summed E-state index contributed by atoms with van der Waals surface area (Å²) in [6, 6.07) is 13.7. The molecule has 0 aromatic heterocycles. The van der Waals surface area contributed by atoms with Crippen molar-refractivity contribution in [1.82, 2.24) is 5.01 Å². The number of ether oxygens (including phenoxy) is 2. The van der Waals surface area contributed by atoms with E-state index in [0.717, 1.165) is 16.7 Å². The first-order chi connectivity index (χ1) is 14.5. The molecule has 0 saturated heterocycles. The molecule has 2 aromatic carbocycles. The molecule has 2 aliphatic heterocycles. The first-order valence-corrected chi connectivity index (χ1v) is 9.41. The number of fused-ring (bicyclic) bond motifs is 3. The number of aryl methyl sites for hydroxylation is 1. The van der Waals surface area contributed by atoms with Crippen LogP contribution in [0.3, 0.4) is 0 Å². The number of hydrogen-bond acceptors (Lipinski definition) is 7. The Bertz CT molecular complexity index is 1100. The van der Waals surface area contributed by atoms with Crippen molar-refractivity contribution in [2.75, 3.05) is 14.2 Å². The molecule has 0 fully saturated rings. The summed E-state index contributed by atoms with van der Waals surface area (Å²) in [5.41, 5.74) is 2.94. The molecule has 2 aliphatic rings. The quantitative estimate of drug-likeness (QED) is 0.575. The lowest BCUT2D eigenvalue weighted by molar-refractivity contribution is -0.148. The summed E-state index contributed by atoms with van der Waals surface area (Å²) in [6.07, 6.45) is 1.61. The second kappa shape index (κ2) is 7.59. The molecule has 2 atom stereocenters. The number of allylic oxidation sites excluding steroid dienone is 1. The van der Waals surface area contributed by atoms with Crippen LogP contribution in [-0.2, 0) is 19.1 Å². The van der Waals surface area contributed by atoms with E-state index in [4.69, 9.17) is 9.47 Å². The molecule has 2 heterocycles. The third-order valence-electron chi connectivity index (χ3n) is 5.40. The van der Waals surface area contributed by atoms with Crippen LogP contribution < -0.4 is 0 Å². The molecule has 0 amide bonds. The molecule has 4 rings (SSSR count). The second-order valence-corrected chi connectivity index (χ2v) is 7.11. The second-order valence-electron chi connectivity index (χ2n) is 7.11. The number of rotatable bonds is 4. The highest BCUT2D eigenvalue weighted by molar-refractivity contribution is 6.15. The van der Waals surface area contributed by atoms with Crippen molar-refractivity contribution >= 4 is 23.9 Å². The van der Waals surface area contributed by atoms with Crippen LogP contribution in [0.4, 0.5) is 0 Å². The van der Waals surface area contributed by atoms with Gasteiger partial charge >= 0.3 is 11.9 Å². The number of ketones is 1. The number of carbonyl (C=O) groups excluding carboxylic acids is 3. The van der Waals surface area contributed by atoms with E-state index < -0.39 is 29.7 Å². The van der Waals surface area contributed by atoms with Gasteiger partial charge in [0.15, 0.2) is 0 Å². The zero-order valence-corrected chi connectivity index (χ0v) is 16.8. The molecule has 0 aliphatic carbocycles. The summed E-state index contributed by atoms with van der Waals surface area (Å²) in [5, 5.41) is 5.87. The number of hydrazone groups is 1. The average Bonchev–Trinajstić information content (AvgIpc) is 3.13. The minimum absolute atomic E-state index is 0.0249. The van der Waals surface area contributed by atoms with E-state index in [1.807, 2.05) is 43.3 Å². The number of nitrogens with zero attached hydrogens (tertiary/aromatic N) is 2. The van der Waals surface area contributed by atoms with Gasteiger partial charge in [0, 0.05) is 5.56 Å². The summed E-state index contributed by atoms with van der Waals surface area (Å²) in [4.78, 5) is 39.1. The Hall–Kier alpha value is -3.74. The van der Waals surface area contributed by atoms with Crippen molar-refractivity contribution in [1.29, 1.82) is 0 Å². The predicted molar refractivity (Wildman–Crippen MR) is 109 cm³/mol. The summed E-state index contributed by atoms with van der Waals surface area (Å²) in [7, 11) is 2.46. The molecular formula is C23H20N2O5. The summed E-state index contributed by atoms with van der Waals surface area (Å²) >= 11 is 0. The molecule has 30 heavy (non-hydrogen) atoms. The van der Waals surface area contributed by atoms with Crippen LogP contribution in [0.5, 0.6) is 0 Å². The molecule has 0 bridgehead atoms. The standard InChI is InChI=1S/C23H20N2O5/c1-13-8-10-14(11-9-13)21(26)20-18(23(28)30-3)17(22(27)29-2)19-16-7-5-4-6-15(16)12-24-25(19)20/h4-12,17,19H,1-3H3/t17-,19-/m0/s1. The maximum Gasteiger partial charge on any atom is 0.337 e. The SMILES string of the molecule is COC(=O)C1=C(C(=O)c2ccc(C)cc2)N2N=Cc3ccccc3[C@H]2[C@H]1C(=O)OC. The molecule has 0 spiro atoms. The van der Waals surface area contributed by atoms with Crippen LogP contribution in [0.15, 0.2) is 64.9 Å². The van der Waals surface area contributed by atoms with Gasteiger partial charge in [-0.05, 0) is 18.1 Å². The Morgan fingerprint density at radius 1 is 0.967 bits per heavy atom. The fraction of sp³-hybridized carbons (Fsp3) is 0.217. The highest BCUT2D eigenvalue weighted by atomic mass is 16.5. The Morgan fingerprint density at radius 3 is 2.33 bits per heavy atom. The van der Waals surface area contributed by atoms with Gasteiger partial charge in [-0.1, -0.05) is 54.1 Å². The van der Waals surface area contributed by atoms with Crippen molar-refractivity contribution in [2.45, 2.75) is 13.0 Å². The van der Waals surface area contributed by atoms with Crippen LogP contribution >= 0.6 is 0 Å². The minimum atomic E-state index is -1.05. The van der Waals surface area contributed by atoms with E-state index in [1.54, 1.807) is 18.3 Å². The lowest BCUT2D eigenvalue weighted by Crippen LogP contribution is -2.32. The van der Waals surface area contributed by atoms with Gasteiger partial charge in [-0.25, -0.2) is 4.79 Å². The van der Waals surface area contributed by atoms with Gasteiger partial charge in [0.2, 0.25) is 5.78 Å². The van der Waals surface area contributed by atoms with E-state index in [9.17, 15) is 14.4 Å². The largest absolute Gasteiger partial charge is 0.468 e. The van der Waals surface area contributed by atoms with Gasteiger partial charge in [0.05, 0.1) is 32.0 Å². The van der Waals surface area contributed by atoms with Crippen LogP contribution in [0.2, 0.25) is 0 Å². The Kier molecular flexibility index (Phi) is 4.95. The molecule has 0 N–H and O–H groups in total. The van der Waals surface area contributed by atoms with E-state index in [1.165, 1.54) is 19.2 Å². The van der Waals surface area contributed by atoms with E-state index in [2.05, 4.69) is 5.10 Å². The topological polar surface area (TPSA) is 85.3 Å². The van der Waals surface area contributed by atoms with E-state index in [0.29, 0.717) is 5.56 Å². The number of Topliss-reactive ketones (excluding diaryl/α,β-unsaturated/α-hetero) is 1. The first kappa shape index (κ1) is 19.6. The third-order valence-corrected chi connectivity index (χ3v) is 5.40. The van der Waals surface area contributed by atoms with E-state index in [-0.39, 0.29) is 11.3 Å². The van der Waals surface area contributed by atoms with Gasteiger partial charge in [0.1, 0.15) is 11.6 Å². The van der Waals surface area contributed by atoms with Crippen molar-refractivity contribution in [3.63, 3.8) is 0 Å². The lowest BCUT2D eigenvalue weighted by Gasteiger charge is -2.31. The maximum absolute atomic E-state index is 13.5. The van der Waals surface area contributed by atoms with Gasteiger partial charge in [-0.3, -0.25) is 14.6 Å². The molecule has 152 valence electrons. The van der Waals surface area contributed by atoms with E-state index >= 15 is 0 Å². The maximum atomic E-state index is 13.5. The van der Waals surface area contributed by atoms with Crippen molar-refractivity contribution in [2.24, 2.45) is 11.0 Å². The van der Waals surface area contributed by atoms with Crippen LogP contribution in [-0.4, -0.2) is 43.2 Å². The predicted octanol–water partition coefficient (Wildman–Crippen LogP) is 2.80. The van der Waals surface area contributed by atoms with Gasteiger partial charge in [-0.15, -0.1) is 0 Å². The Morgan fingerprint density at radius 2 is 1.67 bits per heavy atom. The van der Waals surface area contributed by atoms with Crippen molar-refractivity contribution in [3.05, 3.63) is 82.1 Å². The number of carbonyl (C=O) groups is 3. The highest BCUT2D eigenvalue weighted by Crippen LogP contribution is 2.48. The fourth-order valence-corrected chi connectivity index (χ4v) is 3.95. The summed E-state index contributed by atoms with van der Waals surface area (Å²) in [5.74, 6) is -2.86. The van der Waals surface area contributed by atoms with Crippen LogP contribution in [0.25, 0.3) is 0 Å². The fourth-order valence-electron chi connectivity index (χ4n) is 3.95. The van der Waals surface area contributed by atoms with Crippen molar-refractivity contribution < 1.29 is 23.9 Å². The monoisotopic (exact) mass is 404 g/mol. The minimum Gasteiger partial charge on any atom is -0.468 e. The number of methoxy groups -OCH3 is 2. The summed E-state index contributed by atoms with van der Waals surface area (Å²) in [6.45, 7) is 1.91. The zero-order valence-electron chi connectivity index (χ0n) is 16.8. The zero-order chi connectivity index (χ0) is 21.4. The van der Waals surface area contributed by atoms with Crippen molar-refractivity contribution in [3.8, 4) is 0 Å². The van der Waals surface area contributed by atoms with Crippen LogP contribution in [0, 0.1) is 12.8 Å². The van der Waals surface area contributed by atoms with Gasteiger partial charge < -0.3 is 9.47 Å². The van der Waals surface area contributed by atoms with Crippen LogP contribution in [0.1, 0.15) is 33.1 Å². The van der Waals surface area contributed by atoms with Gasteiger partial charge in [-0.2, -0.15) is 5.10 Å². The molecule has 0 unspecified atom stereocenters. The molecule has 7 heteroatoms. The first-order valence-electron chi connectivity index (χ1n) is 9.41. The molecule has 0 saturated carbocycles. The number of esters is 2. The Labute approximate surface area is 173 Å². The Balaban J connectivity index is 1.94. The number of hydrogen-bond donors (Lipinski definition) is 0. The normalized spacial score (nSPS) is 19.2. The molecule has 0 radical (unpaired) electrons.